The Morgan fingerprint density at radius 1 is 1.20 bits per heavy atom. The summed E-state index contributed by atoms with van der Waals surface area (Å²) in [6.45, 7) is -0.0207. The minimum absolute atomic E-state index is 0.0207. The van der Waals surface area contributed by atoms with Crippen LogP contribution in [0, 0.1) is 0 Å². The van der Waals surface area contributed by atoms with Crippen LogP contribution < -0.4 is 5.73 Å². The monoisotopic (exact) mass is 200 g/mol. The van der Waals surface area contributed by atoms with Crippen molar-refractivity contribution in [1.29, 1.82) is 0 Å². The molecule has 2 rings (SSSR count). The molecular formula is C12H12N2O. The normalized spacial score (nSPS) is 10.2. The van der Waals surface area contributed by atoms with Gasteiger partial charge in [-0.25, -0.2) is 4.98 Å². The van der Waals surface area contributed by atoms with Crippen molar-refractivity contribution in [2.45, 2.75) is 6.61 Å². The lowest BCUT2D eigenvalue weighted by Crippen LogP contribution is -1.96. The Balaban J connectivity index is 2.52. The summed E-state index contributed by atoms with van der Waals surface area (Å²) in [6, 6.07) is 11.6. The molecule has 0 fully saturated rings. The highest BCUT2D eigenvalue weighted by Gasteiger charge is 2.04. The molecule has 3 nitrogen and oxygen atoms in total. The highest BCUT2D eigenvalue weighted by Crippen LogP contribution is 2.24. The highest BCUT2D eigenvalue weighted by molar-refractivity contribution is 5.73. The van der Waals surface area contributed by atoms with Crippen LogP contribution in [-0.2, 0) is 6.61 Å². The van der Waals surface area contributed by atoms with Gasteiger partial charge in [0.2, 0.25) is 0 Å². The Kier molecular flexibility index (Phi) is 2.65. The number of nitrogens with two attached hydrogens (primary N) is 1. The first-order valence-corrected chi connectivity index (χ1v) is 4.72. The van der Waals surface area contributed by atoms with E-state index in [1.165, 1.54) is 0 Å². The average molecular weight is 200 g/mol. The lowest BCUT2D eigenvalue weighted by atomic mass is 10.1. The quantitative estimate of drug-likeness (QED) is 0.777. The molecule has 0 unspecified atom stereocenters. The van der Waals surface area contributed by atoms with Crippen molar-refractivity contribution >= 4 is 5.82 Å². The van der Waals surface area contributed by atoms with Gasteiger partial charge < -0.3 is 10.8 Å². The van der Waals surface area contributed by atoms with E-state index in [2.05, 4.69) is 4.98 Å². The van der Waals surface area contributed by atoms with E-state index in [1.54, 1.807) is 6.20 Å². The molecule has 0 amide bonds. The fourth-order valence-electron chi connectivity index (χ4n) is 1.45. The summed E-state index contributed by atoms with van der Waals surface area (Å²) in [5, 5.41) is 9.02. The minimum Gasteiger partial charge on any atom is -0.392 e. The number of aliphatic hydroxyl groups excluding tert-OH is 1. The fraction of sp³-hybridized carbons (Fsp3) is 0.0833. The Morgan fingerprint density at radius 2 is 1.93 bits per heavy atom. The maximum atomic E-state index is 9.02. The smallest absolute Gasteiger partial charge is 0.131 e. The molecule has 1 aromatic heterocycles. The van der Waals surface area contributed by atoms with Gasteiger partial charge in [0.05, 0.1) is 6.61 Å². The zero-order valence-electron chi connectivity index (χ0n) is 8.22. The second-order valence-corrected chi connectivity index (χ2v) is 3.30. The molecule has 3 heteroatoms. The molecule has 0 saturated carbocycles. The van der Waals surface area contributed by atoms with Crippen LogP contribution in [-0.4, -0.2) is 10.1 Å². The summed E-state index contributed by atoms with van der Waals surface area (Å²) in [5.74, 6) is 0.485. The summed E-state index contributed by atoms with van der Waals surface area (Å²) in [6.07, 6.45) is 1.59. The number of nitrogen functional groups attached to an aromatic ring is 1. The number of benzene rings is 1. The van der Waals surface area contributed by atoms with E-state index in [1.807, 2.05) is 36.4 Å². The molecule has 0 spiro atoms. The number of anilines is 1. The minimum atomic E-state index is -0.0207. The molecule has 0 atom stereocenters. The van der Waals surface area contributed by atoms with Crippen molar-refractivity contribution in [3.8, 4) is 11.1 Å². The van der Waals surface area contributed by atoms with Crippen LogP contribution in [0.25, 0.3) is 11.1 Å². The van der Waals surface area contributed by atoms with Gasteiger partial charge in [-0.3, -0.25) is 0 Å². The largest absolute Gasteiger partial charge is 0.392 e. The zero-order valence-corrected chi connectivity index (χ0v) is 8.22. The molecule has 0 radical (unpaired) electrons. The van der Waals surface area contributed by atoms with E-state index in [4.69, 9.17) is 10.8 Å². The fourth-order valence-corrected chi connectivity index (χ4v) is 1.45. The first-order valence-electron chi connectivity index (χ1n) is 4.72. The average Bonchev–Trinajstić information content (AvgIpc) is 2.31. The maximum Gasteiger partial charge on any atom is 0.131 e. The van der Waals surface area contributed by atoms with Gasteiger partial charge >= 0.3 is 0 Å². The summed E-state index contributed by atoms with van der Waals surface area (Å²) in [4.78, 5) is 4.04. The third-order valence-electron chi connectivity index (χ3n) is 2.24. The number of hydrogen-bond donors (Lipinski definition) is 2. The predicted molar refractivity (Wildman–Crippen MR) is 60.0 cm³/mol. The van der Waals surface area contributed by atoms with Crippen LogP contribution in [0.5, 0.6) is 0 Å². The molecule has 3 N–H and O–H groups in total. The number of nitrogens with zero attached hydrogens (tertiary/aromatic N) is 1. The van der Waals surface area contributed by atoms with Crippen molar-refractivity contribution in [3.63, 3.8) is 0 Å². The molecular weight excluding hydrogens is 188 g/mol. The van der Waals surface area contributed by atoms with Crippen LogP contribution in [0.1, 0.15) is 5.56 Å². The molecule has 15 heavy (non-hydrogen) atoms. The molecule has 0 aliphatic carbocycles. The Bertz CT molecular complexity index is 454. The molecule has 1 aromatic carbocycles. The Morgan fingerprint density at radius 3 is 2.60 bits per heavy atom. The SMILES string of the molecule is Nc1ncc(CO)cc1-c1ccccc1. The van der Waals surface area contributed by atoms with E-state index in [-0.39, 0.29) is 6.61 Å². The van der Waals surface area contributed by atoms with Gasteiger partial charge in [0.15, 0.2) is 0 Å². The maximum absolute atomic E-state index is 9.02. The molecule has 0 aliphatic heterocycles. The highest BCUT2D eigenvalue weighted by atomic mass is 16.3. The molecule has 1 heterocycles. The molecule has 0 aliphatic rings. The van der Waals surface area contributed by atoms with Gasteiger partial charge in [-0.05, 0) is 17.2 Å². The lowest BCUT2D eigenvalue weighted by Gasteiger charge is -2.06. The topological polar surface area (TPSA) is 59.1 Å². The second kappa shape index (κ2) is 4.11. The van der Waals surface area contributed by atoms with Crippen molar-refractivity contribution < 1.29 is 5.11 Å². The van der Waals surface area contributed by atoms with Crippen LogP contribution in [0.15, 0.2) is 42.6 Å². The number of aromatic nitrogens is 1. The zero-order chi connectivity index (χ0) is 10.7. The number of rotatable bonds is 2. The van der Waals surface area contributed by atoms with Crippen LogP contribution >= 0.6 is 0 Å². The van der Waals surface area contributed by atoms with E-state index >= 15 is 0 Å². The molecule has 2 aromatic rings. The van der Waals surface area contributed by atoms with E-state index in [0.29, 0.717) is 5.82 Å². The number of hydrogen-bond acceptors (Lipinski definition) is 3. The first kappa shape index (κ1) is 9.68. The van der Waals surface area contributed by atoms with Gasteiger partial charge in [0.25, 0.3) is 0 Å². The predicted octanol–water partition coefficient (Wildman–Crippen LogP) is 1.82. The standard InChI is InChI=1S/C12H12N2O/c13-12-11(6-9(8-15)7-14-12)10-4-2-1-3-5-10/h1-7,15H,8H2,(H2,13,14). The Labute approximate surface area is 88.2 Å². The third kappa shape index (κ3) is 1.97. The van der Waals surface area contributed by atoms with Crippen molar-refractivity contribution in [1.82, 2.24) is 4.98 Å². The summed E-state index contributed by atoms with van der Waals surface area (Å²) in [7, 11) is 0. The molecule has 76 valence electrons. The van der Waals surface area contributed by atoms with Crippen LogP contribution in [0.3, 0.4) is 0 Å². The van der Waals surface area contributed by atoms with Gasteiger partial charge in [-0.1, -0.05) is 30.3 Å². The molecule has 0 saturated heterocycles. The first-order chi connectivity index (χ1) is 7.31. The van der Waals surface area contributed by atoms with Gasteiger partial charge in [-0.2, -0.15) is 0 Å². The summed E-state index contributed by atoms with van der Waals surface area (Å²) >= 11 is 0. The van der Waals surface area contributed by atoms with Crippen molar-refractivity contribution in [3.05, 3.63) is 48.2 Å². The van der Waals surface area contributed by atoms with Gasteiger partial charge in [0, 0.05) is 11.8 Å². The van der Waals surface area contributed by atoms with E-state index in [9.17, 15) is 0 Å². The molecule has 0 bridgehead atoms. The number of aliphatic hydroxyl groups is 1. The second-order valence-electron chi connectivity index (χ2n) is 3.30. The lowest BCUT2D eigenvalue weighted by molar-refractivity contribution is 0.281. The van der Waals surface area contributed by atoms with E-state index in [0.717, 1.165) is 16.7 Å². The summed E-state index contributed by atoms with van der Waals surface area (Å²) < 4.78 is 0. The van der Waals surface area contributed by atoms with Crippen molar-refractivity contribution in [2.24, 2.45) is 0 Å². The van der Waals surface area contributed by atoms with Crippen molar-refractivity contribution in [2.75, 3.05) is 5.73 Å². The van der Waals surface area contributed by atoms with E-state index < -0.39 is 0 Å². The van der Waals surface area contributed by atoms with Gasteiger partial charge in [-0.15, -0.1) is 0 Å². The Hall–Kier alpha value is -1.87. The van der Waals surface area contributed by atoms with Gasteiger partial charge in [0.1, 0.15) is 5.82 Å². The van der Waals surface area contributed by atoms with Crippen LogP contribution in [0.2, 0.25) is 0 Å². The summed E-state index contributed by atoms with van der Waals surface area (Å²) in [5.41, 5.74) is 8.43. The van der Waals surface area contributed by atoms with Crippen LogP contribution in [0.4, 0.5) is 5.82 Å². The number of pyridine rings is 1. The third-order valence-corrected chi connectivity index (χ3v) is 2.24.